The maximum atomic E-state index is 13.7. The minimum Gasteiger partial charge on any atom is -0.497 e. The molecular formula is C17H18F2N2O2S. The van der Waals surface area contributed by atoms with E-state index < -0.39 is 11.6 Å². The molecule has 1 N–H and O–H groups in total. The number of methoxy groups -OCH3 is 2. The summed E-state index contributed by atoms with van der Waals surface area (Å²) in [6.45, 7) is 0.446. The third-order valence-corrected chi connectivity index (χ3v) is 3.83. The Labute approximate surface area is 145 Å². The molecule has 0 bridgehead atoms. The van der Waals surface area contributed by atoms with Gasteiger partial charge in [0.25, 0.3) is 0 Å². The Bertz CT molecular complexity index is 741. The normalized spacial score (nSPS) is 10.2. The molecule has 7 heteroatoms. The molecule has 2 rings (SSSR count). The Morgan fingerprint density at radius 2 is 1.88 bits per heavy atom. The fraction of sp³-hybridized carbons (Fsp3) is 0.235. The summed E-state index contributed by atoms with van der Waals surface area (Å²) in [4.78, 5) is 1.72. The van der Waals surface area contributed by atoms with Gasteiger partial charge in [-0.3, -0.25) is 0 Å². The molecule has 0 unspecified atom stereocenters. The summed E-state index contributed by atoms with van der Waals surface area (Å²) in [7, 11) is 4.92. The van der Waals surface area contributed by atoms with E-state index in [1.54, 1.807) is 32.2 Å². The Hall–Kier alpha value is -2.41. The van der Waals surface area contributed by atoms with Crippen LogP contribution in [0.3, 0.4) is 0 Å². The Morgan fingerprint density at radius 3 is 2.50 bits per heavy atom. The van der Waals surface area contributed by atoms with Gasteiger partial charge in [0.05, 0.1) is 19.9 Å². The number of benzene rings is 2. The van der Waals surface area contributed by atoms with Crippen LogP contribution in [0, 0.1) is 11.6 Å². The number of anilines is 1. The van der Waals surface area contributed by atoms with Crippen LogP contribution in [-0.4, -0.2) is 31.3 Å². The van der Waals surface area contributed by atoms with Crippen molar-refractivity contribution < 1.29 is 18.3 Å². The lowest BCUT2D eigenvalue weighted by Crippen LogP contribution is -2.31. The maximum Gasteiger partial charge on any atom is 0.173 e. The summed E-state index contributed by atoms with van der Waals surface area (Å²) >= 11 is 5.27. The second kappa shape index (κ2) is 7.92. The van der Waals surface area contributed by atoms with Crippen LogP contribution in [0.15, 0.2) is 36.4 Å². The highest BCUT2D eigenvalue weighted by molar-refractivity contribution is 7.80. The van der Waals surface area contributed by atoms with Gasteiger partial charge in [-0.1, -0.05) is 0 Å². The zero-order chi connectivity index (χ0) is 17.7. The standard InChI is InChI=1S/C17H18F2N2O2S/c1-21(10-11-4-6-13(22-2)9-16(11)23-3)17(24)20-15-7-5-12(18)8-14(15)19/h4-9H,10H2,1-3H3,(H,20,24). The van der Waals surface area contributed by atoms with Gasteiger partial charge in [-0.2, -0.15) is 0 Å². The number of rotatable bonds is 5. The highest BCUT2D eigenvalue weighted by Gasteiger charge is 2.12. The van der Waals surface area contributed by atoms with E-state index >= 15 is 0 Å². The van der Waals surface area contributed by atoms with E-state index in [1.165, 1.54) is 12.1 Å². The smallest absolute Gasteiger partial charge is 0.173 e. The Kier molecular flexibility index (Phi) is 5.92. The molecule has 4 nitrogen and oxygen atoms in total. The number of hydrogen-bond donors (Lipinski definition) is 1. The highest BCUT2D eigenvalue weighted by Crippen LogP contribution is 2.25. The molecule has 0 fully saturated rings. The summed E-state index contributed by atoms with van der Waals surface area (Å²) in [6, 6.07) is 8.74. The molecule has 128 valence electrons. The highest BCUT2D eigenvalue weighted by atomic mass is 32.1. The molecule has 0 saturated heterocycles. The van der Waals surface area contributed by atoms with Crippen LogP contribution in [0.5, 0.6) is 11.5 Å². The number of nitrogens with zero attached hydrogens (tertiary/aromatic N) is 1. The zero-order valence-corrected chi connectivity index (χ0v) is 14.4. The molecule has 0 amide bonds. The van der Waals surface area contributed by atoms with Gasteiger partial charge >= 0.3 is 0 Å². The van der Waals surface area contributed by atoms with Crippen LogP contribution in [0.1, 0.15) is 5.56 Å². The average molecular weight is 352 g/mol. The fourth-order valence-corrected chi connectivity index (χ4v) is 2.29. The van der Waals surface area contributed by atoms with Gasteiger partial charge < -0.3 is 19.7 Å². The first kappa shape index (κ1) is 17.9. The SMILES string of the molecule is COc1ccc(CN(C)C(=S)Nc2ccc(F)cc2F)c(OC)c1. The second-order valence-electron chi connectivity index (χ2n) is 5.09. The van der Waals surface area contributed by atoms with Gasteiger partial charge in [-0.25, -0.2) is 8.78 Å². The third-order valence-electron chi connectivity index (χ3n) is 3.42. The van der Waals surface area contributed by atoms with Crippen LogP contribution in [0.25, 0.3) is 0 Å². The number of hydrogen-bond acceptors (Lipinski definition) is 3. The predicted octanol–water partition coefficient (Wildman–Crippen LogP) is 3.81. The van der Waals surface area contributed by atoms with Crippen molar-refractivity contribution in [3.05, 3.63) is 53.6 Å². The van der Waals surface area contributed by atoms with Gasteiger partial charge in [0, 0.05) is 31.3 Å². The summed E-state index contributed by atoms with van der Waals surface area (Å²) in [5.41, 5.74) is 1.01. The van der Waals surface area contributed by atoms with Gasteiger partial charge in [-0.15, -0.1) is 0 Å². The van der Waals surface area contributed by atoms with Crippen molar-refractivity contribution in [3.63, 3.8) is 0 Å². The largest absolute Gasteiger partial charge is 0.497 e. The number of halogens is 2. The van der Waals surface area contributed by atoms with E-state index in [9.17, 15) is 8.78 Å². The van der Waals surface area contributed by atoms with Crippen molar-refractivity contribution in [2.24, 2.45) is 0 Å². The molecule has 0 atom stereocenters. The molecule has 0 aliphatic rings. The lowest BCUT2D eigenvalue weighted by Gasteiger charge is -2.22. The predicted molar refractivity (Wildman–Crippen MR) is 93.6 cm³/mol. The van der Waals surface area contributed by atoms with E-state index in [2.05, 4.69) is 5.32 Å². The van der Waals surface area contributed by atoms with Crippen LogP contribution in [-0.2, 0) is 6.54 Å². The lowest BCUT2D eigenvalue weighted by atomic mass is 10.2. The third kappa shape index (κ3) is 4.32. The zero-order valence-electron chi connectivity index (χ0n) is 13.6. The van der Waals surface area contributed by atoms with Crippen molar-refractivity contribution in [1.82, 2.24) is 4.90 Å². The van der Waals surface area contributed by atoms with Crippen molar-refractivity contribution in [1.29, 1.82) is 0 Å². The van der Waals surface area contributed by atoms with Crippen LogP contribution in [0.2, 0.25) is 0 Å². The Balaban J connectivity index is 2.08. The van der Waals surface area contributed by atoms with Crippen molar-refractivity contribution in [2.45, 2.75) is 6.54 Å². The Morgan fingerprint density at radius 1 is 1.12 bits per heavy atom. The van der Waals surface area contributed by atoms with Crippen molar-refractivity contribution >= 4 is 23.0 Å². The maximum absolute atomic E-state index is 13.7. The average Bonchev–Trinajstić information content (AvgIpc) is 2.57. The quantitative estimate of drug-likeness (QED) is 0.828. The van der Waals surface area contributed by atoms with E-state index in [-0.39, 0.29) is 5.69 Å². The molecule has 0 aliphatic heterocycles. The summed E-state index contributed by atoms with van der Waals surface area (Å²) in [5.74, 6) is 0.0115. The van der Waals surface area contributed by atoms with E-state index in [0.717, 1.165) is 11.6 Å². The number of ether oxygens (including phenoxy) is 2. The van der Waals surface area contributed by atoms with Gasteiger partial charge in [0.15, 0.2) is 5.11 Å². The molecule has 2 aromatic carbocycles. The second-order valence-corrected chi connectivity index (χ2v) is 5.47. The molecule has 0 spiro atoms. The minimum absolute atomic E-state index is 0.120. The van der Waals surface area contributed by atoms with Crippen molar-refractivity contribution in [3.8, 4) is 11.5 Å². The molecule has 0 heterocycles. The van der Waals surface area contributed by atoms with E-state index in [1.807, 2.05) is 12.1 Å². The number of nitrogens with one attached hydrogen (secondary N) is 1. The molecule has 0 radical (unpaired) electrons. The minimum atomic E-state index is -0.701. The first-order valence-corrected chi connectivity index (χ1v) is 7.53. The first-order valence-electron chi connectivity index (χ1n) is 7.12. The van der Waals surface area contributed by atoms with Gasteiger partial charge in [-0.05, 0) is 36.5 Å². The first-order chi connectivity index (χ1) is 11.4. The van der Waals surface area contributed by atoms with E-state index in [4.69, 9.17) is 21.7 Å². The molecule has 24 heavy (non-hydrogen) atoms. The van der Waals surface area contributed by atoms with E-state index in [0.29, 0.717) is 23.2 Å². The molecule has 0 aromatic heterocycles. The summed E-state index contributed by atoms with van der Waals surface area (Å²) in [5, 5.41) is 3.07. The fourth-order valence-electron chi connectivity index (χ4n) is 2.11. The monoisotopic (exact) mass is 352 g/mol. The van der Waals surface area contributed by atoms with Crippen LogP contribution < -0.4 is 14.8 Å². The van der Waals surface area contributed by atoms with Crippen LogP contribution in [0.4, 0.5) is 14.5 Å². The molecule has 2 aromatic rings. The van der Waals surface area contributed by atoms with Gasteiger partial charge in [0.2, 0.25) is 0 Å². The van der Waals surface area contributed by atoms with Gasteiger partial charge in [0.1, 0.15) is 23.1 Å². The molecule has 0 aliphatic carbocycles. The van der Waals surface area contributed by atoms with Crippen molar-refractivity contribution in [2.75, 3.05) is 26.6 Å². The summed E-state index contributed by atoms with van der Waals surface area (Å²) < 4.78 is 37.1. The lowest BCUT2D eigenvalue weighted by molar-refractivity contribution is 0.384. The summed E-state index contributed by atoms with van der Waals surface area (Å²) in [6.07, 6.45) is 0. The molecular weight excluding hydrogens is 334 g/mol. The molecule has 0 saturated carbocycles. The number of thiocarbonyl (C=S) groups is 1. The van der Waals surface area contributed by atoms with Crippen LogP contribution >= 0.6 is 12.2 Å². The topological polar surface area (TPSA) is 33.7 Å².